The van der Waals surface area contributed by atoms with Crippen molar-refractivity contribution in [3.05, 3.63) is 43.6 Å². The predicted octanol–water partition coefficient (Wildman–Crippen LogP) is 2.46. The first-order valence-corrected chi connectivity index (χ1v) is 7.89. The van der Waals surface area contributed by atoms with E-state index in [4.69, 9.17) is 0 Å². The zero-order valence-electron chi connectivity index (χ0n) is 15.5. The van der Waals surface area contributed by atoms with Gasteiger partial charge in [0.1, 0.15) is 16.9 Å². The Bertz CT molecular complexity index is 880. The zero-order valence-corrected chi connectivity index (χ0v) is 15.5. The number of nitro groups is 2. The van der Waals surface area contributed by atoms with Crippen LogP contribution in [0.5, 0.6) is 0 Å². The van der Waals surface area contributed by atoms with E-state index in [0.29, 0.717) is 10.5 Å². The van der Waals surface area contributed by atoms with Crippen molar-refractivity contribution in [2.24, 2.45) is 5.10 Å². The van der Waals surface area contributed by atoms with Gasteiger partial charge in [-0.25, -0.2) is 0 Å². The van der Waals surface area contributed by atoms with Gasteiger partial charge < -0.3 is 10.4 Å². The number of nitrogens with zero attached hydrogens (tertiary/aromatic N) is 5. The number of anilines is 1. The van der Waals surface area contributed by atoms with Crippen molar-refractivity contribution in [2.75, 3.05) is 5.43 Å². The first-order chi connectivity index (χ1) is 12.3. The number of hydrogen-bond donors (Lipinski definition) is 2. The number of hydrogen-bond acceptors (Lipinski definition) is 9. The Morgan fingerprint density at radius 2 is 1.85 bits per heavy atom. The first kappa shape index (κ1) is 20.2. The molecule has 1 aliphatic rings. The van der Waals surface area contributed by atoms with Crippen molar-refractivity contribution >= 4 is 28.5 Å². The predicted molar refractivity (Wildman–Crippen MR) is 96.9 cm³/mol. The van der Waals surface area contributed by atoms with Crippen molar-refractivity contribution in [1.29, 1.82) is 0 Å². The quantitative estimate of drug-likeness (QED) is 0.259. The summed E-state index contributed by atoms with van der Waals surface area (Å²) in [5, 5.41) is 49.9. The Balaban J connectivity index is 2.42. The largest absolute Gasteiger partial charge is 0.622 e. The lowest BCUT2D eigenvalue weighted by atomic mass is 9.99. The maximum absolute atomic E-state index is 12.6. The van der Waals surface area contributed by atoms with Gasteiger partial charge in [-0.1, -0.05) is 0 Å². The SMILES string of the molecule is CC1=[N+]([O-])[C@](C)(/C(C)=N\Nc2ccc([N+](=O)[O-])cc2[N+](=O)[O-])N(O)C1(C)C. The van der Waals surface area contributed by atoms with Crippen LogP contribution in [0.15, 0.2) is 23.3 Å². The second-order valence-electron chi connectivity index (χ2n) is 6.80. The van der Waals surface area contributed by atoms with E-state index in [1.54, 1.807) is 20.8 Å². The molecule has 0 aliphatic carbocycles. The molecule has 0 spiro atoms. The number of nitrogens with one attached hydrogen (secondary N) is 1. The fourth-order valence-electron chi connectivity index (χ4n) is 2.79. The van der Waals surface area contributed by atoms with Crippen LogP contribution in [0.2, 0.25) is 0 Å². The topological polar surface area (TPSA) is 160 Å². The third-order valence-electron chi connectivity index (χ3n) is 4.95. The molecular formula is C15H20N6O6. The van der Waals surface area contributed by atoms with Crippen LogP contribution in [0.4, 0.5) is 17.1 Å². The number of hydrazone groups is 1. The monoisotopic (exact) mass is 380 g/mol. The van der Waals surface area contributed by atoms with Gasteiger partial charge in [-0.2, -0.15) is 9.84 Å². The Kier molecular flexibility index (Phi) is 4.90. The molecule has 1 heterocycles. The molecule has 0 aromatic heterocycles. The van der Waals surface area contributed by atoms with Gasteiger partial charge in [0, 0.05) is 19.9 Å². The highest BCUT2D eigenvalue weighted by Crippen LogP contribution is 2.34. The van der Waals surface area contributed by atoms with Crippen LogP contribution >= 0.6 is 0 Å². The number of hydroxylamine groups is 3. The average Bonchev–Trinajstić information content (AvgIpc) is 2.73. The van der Waals surface area contributed by atoms with Gasteiger partial charge in [0.25, 0.3) is 11.4 Å². The van der Waals surface area contributed by atoms with E-state index < -0.39 is 32.4 Å². The lowest BCUT2D eigenvalue weighted by Crippen LogP contribution is -2.57. The lowest BCUT2D eigenvalue weighted by molar-refractivity contribution is -0.561. The van der Waals surface area contributed by atoms with E-state index >= 15 is 0 Å². The van der Waals surface area contributed by atoms with Crippen LogP contribution < -0.4 is 5.43 Å². The maximum Gasteiger partial charge on any atom is 0.301 e. The molecule has 12 heteroatoms. The molecule has 0 amide bonds. The highest BCUT2D eigenvalue weighted by molar-refractivity contribution is 5.96. The molecule has 146 valence electrons. The molecule has 1 aliphatic heterocycles. The minimum absolute atomic E-state index is 0.0894. The average molecular weight is 380 g/mol. The van der Waals surface area contributed by atoms with Gasteiger partial charge in [-0.3, -0.25) is 25.7 Å². The van der Waals surface area contributed by atoms with Gasteiger partial charge >= 0.3 is 5.69 Å². The lowest BCUT2D eigenvalue weighted by Gasteiger charge is -2.32. The number of rotatable bonds is 5. The van der Waals surface area contributed by atoms with Crippen molar-refractivity contribution in [1.82, 2.24) is 5.06 Å². The normalized spacial score (nSPS) is 22.8. The van der Waals surface area contributed by atoms with E-state index in [1.165, 1.54) is 13.8 Å². The molecule has 0 radical (unpaired) electrons. The third-order valence-corrected chi connectivity index (χ3v) is 4.95. The van der Waals surface area contributed by atoms with Crippen LogP contribution in [-0.2, 0) is 0 Å². The Labute approximate surface area is 154 Å². The maximum atomic E-state index is 12.6. The summed E-state index contributed by atoms with van der Waals surface area (Å²) in [6, 6.07) is 3.05. The standard InChI is InChI=1S/C15H20N6O6/c1-9(15(5)18(22)10(2)14(3,4)21(15)27)16-17-12-7-6-11(19(23)24)8-13(12)20(25)26/h6-8,17,27H,1-5H3/b16-9-/t15-/m0/s1. The molecule has 0 saturated heterocycles. The molecule has 12 nitrogen and oxygen atoms in total. The first-order valence-electron chi connectivity index (χ1n) is 7.89. The van der Waals surface area contributed by atoms with Gasteiger partial charge in [-0.05, 0) is 26.8 Å². The highest BCUT2D eigenvalue weighted by atomic mass is 16.6. The molecule has 1 atom stereocenters. The van der Waals surface area contributed by atoms with Crippen molar-refractivity contribution < 1.29 is 19.8 Å². The molecule has 27 heavy (non-hydrogen) atoms. The molecule has 2 N–H and O–H groups in total. The fraction of sp³-hybridized carbons (Fsp3) is 0.467. The summed E-state index contributed by atoms with van der Waals surface area (Å²) in [5.74, 6) is 0. The van der Waals surface area contributed by atoms with Crippen molar-refractivity contribution in [3.8, 4) is 0 Å². The smallest absolute Gasteiger partial charge is 0.301 e. The van der Waals surface area contributed by atoms with Crippen LogP contribution in [0, 0.1) is 25.4 Å². The fourth-order valence-corrected chi connectivity index (χ4v) is 2.79. The van der Waals surface area contributed by atoms with Crippen LogP contribution in [-0.4, -0.2) is 47.5 Å². The highest BCUT2D eigenvalue weighted by Gasteiger charge is 2.59. The van der Waals surface area contributed by atoms with Crippen molar-refractivity contribution in [2.45, 2.75) is 45.8 Å². The van der Waals surface area contributed by atoms with Gasteiger partial charge in [0.05, 0.1) is 15.9 Å². The molecule has 0 fully saturated rings. The zero-order chi connectivity index (χ0) is 20.7. The van der Waals surface area contributed by atoms with E-state index in [2.05, 4.69) is 10.5 Å². The van der Waals surface area contributed by atoms with Gasteiger partial charge in [-0.15, -0.1) is 5.06 Å². The molecule has 1 aromatic rings. The third kappa shape index (κ3) is 3.08. The number of nitro benzene ring substituents is 2. The second-order valence-corrected chi connectivity index (χ2v) is 6.80. The van der Waals surface area contributed by atoms with Crippen LogP contribution in [0.25, 0.3) is 0 Å². The van der Waals surface area contributed by atoms with E-state index in [9.17, 15) is 30.6 Å². The van der Waals surface area contributed by atoms with Crippen molar-refractivity contribution in [3.63, 3.8) is 0 Å². The Hall–Kier alpha value is -3.12. The summed E-state index contributed by atoms with van der Waals surface area (Å²) >= 11 is 0. The minimum atomic E-state index is -1.53. The molecule has 1 aromatic carbocycles. The second kappa shape index (κ2) is 6.55. The summed E-state index contributed by atoms with van der Waals surface area (Å²) in [5.41, 5.74) is -0.578. The van der Waals surface area contributed by atoms with Crippen LogP contribution in [0.1, 0.15) is 34.6 Å². The summed E-state index contributed by atoms with van der Waals surface area (Å²) in [6.07, 6.45) is 0. The molecular weight excluding hydrogens is 360 g/mol. The molecule has 0 saturated carbocycles. The van der Waals surface area contributed by atoms with Crippen LogP contribution in [0.3, 0.4) is 0 Å². The Morgan fingerprint density at radius 3 is 2.30 bits per heavy atom. The van der Waals surface area contributed by atoms with E-state index in [-0.39, 0.29) is 11.4 Å². The van der Waals surface area contributed by atoms with E-state index in [1.807, 2.05) is 0 Å². The molecule has 2 rings (SSSR count). The Morgan fingerprint density at radius 1 is 1.26 bits per heavy atom. The minimum Gasteiger partial charge on any atom is -0.622 e. The summed E-state index contributed by atoms with van der Waals surface area (Å²) < 4.78 is 0.623. The number of benzene rings is 1. The van der Waals surface area contributed by atoms with E-state index in [0.717, 1.165) is 23.3 Å². The molecule has 0 bridgehead atoms. The molecule has 0 unspecified atom stereocenters. The number of non-ortho nitro benzene ring substituents is 1. The summed E-state index contributed by atoms with van der Waals surface area (Å²) in [7, 11) is 0. The van der Waals surface area contributed by atoms with Gasteiger partial charge in [0.15, 0.2) is 5.71 Å². The summed E-state index contributed by atoms with van der Waals surface area (Å²) in [4.78, 5) is 20.4. The summed E-state index contributed by atoms with van der Waals surface area (Å²) in [6.45, 7) is 7.86. The van der Waals surface area contributed by atoms with Gasteiger partial charge in [0.2, 0.25) is 0 Å².